The quantitative estimate of drug-likeness (QED) is 0.631. The van der Waals surface area contributed by atoms with Gasteiger partial charge in [-0.15, -0.1) is 0 Å². The molecule has 0 spiro atoms. The van der Waals surface area contributed by atoms with E-state index in [0.29, 0.717) is 11.8 Å². The highest BCUT2D eigenvalue weighted by Crippen LogP contribution is 2.55. The van der Waals surface area contributed by atoms with Crippen LogP contribution in [0.1, 0.15) is 32.1 Å². The Hall–Kier alpha value is -0.530. The van der Waals surface area contributed by atoms with Crippen LogP contribution in [0.3, 0.4) is 0 Å². The minimum absolute atomic E-state index is 0.450. The lowest BCUT2D eigenvalue weighted by Crippen LogP contribution is -2.29. The molecule has 2 aliphatic carbocycles. The third-order valence-electron chi connectivity index (χ3n) is 3.80. The van der Waals surface area contributed by atoms with Gasteiger partial charge in [-0.25, -0.2) is 0 Å². The lowest BCUT2D eigenvalue weighted by atomic mass is 10.2. The molecule has 0 radical (unpaired) electrons. The largest absolute Gasteiger partial charge is 0.342 e. The van der Waals surface area contributed by atoms with Crippen LogP contribution in [0.5, 0.6) is 0 Å². The average Bonchev–Trinajstić information content (AvgIpc) is 3.00. The molecule has 0 unspecified atom stereocenters. The molecule has 0 aromatic carbocycles. The minimum Gasteiger partial charge on any atom is -0.342 e. The van der Waals surface area contributed by atoms with E-state index in [-0.39, 0.29) is 0 Å². The fraction of sp³-hybridized carbons (Fsp3) is 0.909. The van der Waals surface area contributed by atoms with Crippen molar-refractivity contribution in [1.29, 1.82) is 0 Å². The van der Waals surface area contributed by atoms with E-state index < -0.39 is 0 Å². The second-order valence-corrected chi connectivity index (χ2v) is 4.88. The van der Waals surface area contributed by atoms with Crippen LogP contribution in [0.2, 0.25) is 0 Å². The van der Waals surface area contributed by atoms with E-state index in [1.807, 2.05) is 0 Å². The number of rotatable bonds is 2. The third-order valence-corrected chi connectivity index (χ3v) is 3.80. The van der Waals surface area contributed by atoms with Crippen LogP contribution in [0.15, 0.2) is 0 Å². The molecule has 1 heterocycles. The Kier molecular flexibility index (Phi) is 1.64. The predicted octanol–water partition coefficient (Wildman–Crippen LogP) is 1.65. The monoisotopic (exact) mass is 179 g/mol. The topological polar surface area (TPSA) is 20.3 Å². The summed E-state index contributed by atoms with van der Waals surface area (Å²) < 4.78 is 0. The first kappa shape index (κ1) is 7.84. The van der Waals surface area contributed by atoms with E-state index in [2.05, 4.69) is 4.90 Å². The van der Waals surface area contributed by atoms with Gasteiger partial charge in [0.2, 0.25) is 5.91 Å². The number of amides is 1. The van der Waals surface area contributed by atoms with Gasteiger partial charge in [-0.3, -0.25) is 4.79 Å². The van der Waals surface area contributed by atoms with E-state index in [1.54, 1.807) is 0 Å². The van der Waals surface area contributed by atoms with E-state index >= 15 is 0 Å². The normalized spacial score (nSPS) is 38.0. The first-order valence-electron chi connectivity index (χ1n) is 5.65. The molecule has 13 heavy (non-hydrogen) atoms. The summed E-state index contributed by atoms with van der Waals surface area (Å²) in [6.45, 7) is 2.07. The van der Waals surface area contributed by atoms with Crippen molar-refractivity contribution >= 4 is 5.91 Å². The van der Waals surface area contributed by atoms with E-state index in [0.717, 1.165) is 24.9 Å². The van der Waals surface area contributed by atoms with Gasteiger partial charge < -0.3 is 4.90 Å². The fourth-order valence-corrected chi connectivity index (χ4v) is 2.72. The van der Waals surface area contributed by atoms with E-state index in [9.17, 15) is 4.79 Å². The van der Waals surface area contributed by atoms with Crippen LogP contribution in [0, 0.1) is 17.8 Å². The molecule has 1 saturated heterocycles. The first-order chi connectivity index (χ1) is 6.36. The Morgan fingerprint density at radius 3 is 2.46 bits per heavy atom. The smallest absolute Gasteiger partial charge is 0.225 e. The molecule has 2 heteroatoms. The van der Waals surface area contributed by atoms with E-state index in [1.165, 1.54) is 32.1 Å². The Morgan fingerprint density at radius 1 is 1.15 bits per heavy atom. The lowest BCUT2D eigenvalue weighted by Gasteiger charge is -2.14. The van der Waals surface area contributed by atoms with E-state index in [4.69, 9.17) is 0 Å². The summed E-state index contributed by atoms with van der Waals surface area (Å²) in [6, 6.07) is 0. The van der Waals surface area contributed by atoms with Gasteiger partial charge in [0.25, 0.3) is 0 Å². The van der Waals surface area contributed by atoms with Crippen molar-refractivity contribution in [2.75, 3.05) is 13.1 Å². The summed E-state index contributed by atoms with van der Waals surface area (Å²) in [5.74, 6) is 2.67. The maximum atomic E-state index is 11.9. The summed E-state index contributed by atoms with van der Waals surface area (Å²) in [7, 11) is 0. The van der Waals surface area contributed by atoms with Crippen molar-refractivity contribution in [1.82, 2.24) is 4.90 Å². The number of likely N-dealkylation sites (tertiary alicyclic amines) is 1. The van der Waals surface area contributed by atoms with Crippen LogP contribution in [0.4, 0.5) is 0 Å². The summed E-state index contributed by atoms with van der Waals surface area (Å²) in [6.07, 6.45) is 6.46. The molecule has 3 rings (SSSR count). The highest BCUT2D eigenvalue weighted by molar-refractivity contribution is 5.82. The molecule has 3 aliphatic rings. The van der Waals surface area contributed by atoms with Crippen molar-refractivity contribution < 1.29 is 4.79 Å². The number of hydrogen-bond acceptors (Lipinski definition) is 1. The van der Waals surface area contributed by atoms with Crippen LogP contribution in [-0.2, 0) is 4.79 Å². The third kappa shape index (κ3) is 1.36. The molecule has 0 bridgehead atoms. The van der Waals surface area contributed by atoms with Crippen LogP contribution >= 0.6 is 0 Å². The van der Waals surface area contributed by atoms with Gasteiger partial charge in [-0.05, 0) is 43.9 Å². The number of carbonyl (C=O) groups excluding carboxylic acids is 1. The molecule has 2 saturated carbocycles. The number of hydrogen-bond donors (Lipinski definition) is 0. The molecule has 0 N–H and O–H groups in total. The molecule has 3 fully saturated rings. The average molecular weight is 179 g/mol. The van der Waals surface area contributed by atoms with Crippen molar-refractivity contribution in [3.05, 3.63) is 0 Å². The number of nitrogens with zero attached hydrogens (tertiary/aromatic N) is 1. The van der Waals surface area contributed by atoms with Crippen LogP contribution < -0.4 is 0 Å². The maximum Gasteiger partial charge on any atom is 0.225 e. The van der Waals surface area contributed by atoms with Crippen molar-refractivity contribution in [2.24, 2.45) is 17.8 Å². The maximum absolute atomic E-state index is 11.9. The molecular weight excluding hydrogens is 162 g/mol. The lowest BCUT2D eigenvalue weighted by molar-refractivity contribution is -0.131. The molecule has 1 amide bonds. The Labute approximate surface area is 79.3 Å². The second-order valence-electron chi connectivity index (χ2n) is 4.88. The summed E-state index contributed by atoms with van der Waals surface area (Å²) in [4.78, 5) is 14.0. The minimum atomic E-state index is 0.450. The molecule has 72 valence electrons. The zero-order valence-corrected chi connectivity index (χ0v) is 8.04. The van der Waals surface area contributed by atoms with Crippen molar-refractivity contribution in [3.8, 4) is 0 Å². The summed E-state index contributed by atoms with van der Waals surface area (Å²) in [5.41, 5.74) is 0. The molecule has 2 nitrogen and oxygen atoms in total. The number of carbonyl (C=O) groups is 1. The van der Waals surface area contributed by atoms with Gasteiger partial charge in [-0.2, -0.15) is 0 Å². The first-order valence-corrected chi connectivity index (χ1v) is 5.65. The Balaban J connectivity index is 1.57. The van der Waals surface area contributed by atoms with Gasteiger partial charge >= 0.3 is 0 Å². The molecule has 0 aromatic heterocycles. The Bertz CT molecular complexity index is 228. The Morgan fingerprint density at radius 2 is 1.85 bits per heavy atom. The van der Waals surface area contributed by atoms with Gasteiger partial charge in [0.05, 0.1) is 0 Å². The zero-order valence-electron chi connectivity index (χ0n) is 8.04. The highest BCUT2D eigenvalue weighted by Gasteiger charge is 2.52. The molecule has 2 atom stereocenters. The van der Waals surface area contributed by atoms with Crippen LogP contribution in [-0.4, -0.2) is 23.9 Å². The fourth-order valence-electron chi connectivity index (χ4n) is 2.72. The van der Waals surface area contributed by atoms with Gasteiger partial charge in [0.1, 0.15) is 0 Å². The second kappa shape index (κ2) is 2.73. The molecular formula is C11H17NO. The standard InChI is InChI=1S/C11H17NO/c13-11(12-5-1-2-6-12)10-7-9(10)8-3-4-8/h8-10H,1-7H2/t9-,10+/m1/s1. The van der Waals surface area contributed by atoms with Gasteiger partial charge in [0.15, 0.2) is 0 Å². The van der Waals surface area contributed by atoms with Gasteiger partial charge in [-0.1, -0.05) is 0 Å². The summed E-state index contributed by atoms with van der Waals surface area (Å²) in [5, 5.41) is 0. The predicted molar refractivity (Wildman–Crippen MR) is 50.1 cm³/mol. The zero-order chi connectivity index (χ0) is 8.84. The van der Waals surface area contributed by atoms with Crippen molar-refractivity contribution in [3.63, 3.8) is 0 Å². The highest BCUT2D eigenvalue weighted by atomic mass is 16.2. The molecule has 1 aliphatic heterocycles. The van der Waals surface area contributed by atoms with Crippen molar-refractivity contribution in [2.45, 2.75) is 32.1 Å². The van der Waals surface area contributed by atoms with Gasteiger partial charge in [0, 0.05) is 19.0 Å². The van der Waals surface area contributed by atoms with Crippen LogP contribution in [0.25, 0.3) is 0 Å². The molecule has 0 aromatic rings. The SMILES string of the molecule is O=C([C@H]1C[C@@H]1C1CC1)N1CCCC1. The summed E-state index contributed by atoms with van der Waals surface area (Å²) >= 11 is 0.